The quantitative estimate of drug-likeness (QED) is 0.853. The van der Waals surface area contributed by atoms with Crippen molar-refractivity contribution >= 4 is 34.3 Å². The highest BCUT2D eigenvalue weighted by Gasteiger charge is 2.16. The fourth-order valence-corrected chi connectivity index (χ4v) is 3.10. The van der Waals surface area contributed by atoms with E-state index >= 15 is 0 Å². The molecule has 1 fully saturated rings. The Morgan fingerprint density at radius 1 is 1.15 bits per heavy atom. The van der Waals surface area contributed by atoms with Crippen molar-refractivity contribution in [3.05, 3.63) is 29.8 Å². The Balaban J connectivity index is 1.78. The molecule has 3 rings (SSSR count). The number of fused-ring (bicyclic) bond motifs is 1. The van der Waals surface area contributed by atoms with Crippen molar-refractivity contribution in [2.75, 3.05) is 43.4 Å². The van der Waals surface area contributed by atoms with Gasteiger partial charge in [0.1, 0.15) is 5.82 Å². The maximum absolute atomic E-state index is 11.8. The number of amides is 1. The van der Waals surface area contributed by atoms with E-state index in [1.165, 1.54) is 0 Å². The van der Waals surface area contributed by atoms with Crippen molar-refractivity contribution in [1.29, 1.82) is 0 Å². The van der Waals surface area contributed by atoms with E-state index in [0.717, 1.165) is 48.5 Å². The van der Waals surface area contributed by atoms with E-state index in [9.17, 15) is 9.59 Å². The summed E-state index contributed by atoms with van der Waals surface area (Å²) < 4.78 is 0. The number of carbonyl (C=O) groups excluding carboxylic acids is 1. The first-order valence-corrected chi connectivity index (χ1v) is 8.79. The summed E-state index contributed by atoms with van der Waals surface area (Å²) in [7, 11) is 2.13. The van der Waals surface area contributed by atoms with Gasteiger partial charge in [0.05, 0.1) is 11.9 Å². The molecule has 0 unspecified atom stereocenters. The van der Waals surface area contributed by atoms with Crippen LogP contribution in [0, 0.1) is 6.92 Å². The standard InChI is InChI=1S/C19H24N4O3/c1-13-11-17(23-9-7-22(2)8-10-23)21-16-4-3-14(12-15(13)16)20-18(24)5-6-19(25)26/h3-4,11-12H,5-10H2,1-2H3,(H,20,24)(H,25,26). The Morgan fingerprint density at radius 2 is 1.88 bits per heavy atom. The van der Waals surface area contributed by atoms with Crippen molar-refractivity contribution in [2.24, 2.45) is 0 Å². The summed E-state index contributed by atoms with van der Waals surface area (Å²) in [5.41, 5.74) is 2.65. The van der Waals surface area contributed by atoms with Crippen molar-refractivity contribution in [3.8, 4) is 0 Å². The largest absolute Gasteiger partial charge is 0.481 e. The highest BCUT2D eigenvalue weighted by Crippen LogP contribution is 2.26. The van der Waals surface area contributed by atoms with Gasteiger partial charge in [0.2, 0.25) is 5.91 Å². The first-order valence-electron chi connectivity index (χ1n) is 8.79. The molecular formula is C19H24N4O3. The molecule has 0 atom stereocenters. The number of aryl methyl sites for hydroxylation is 1. The van der Waals surface area contributed by atoms with Crippen molar-refractivity contribution in [2.45, 2.75) is 19.8 Å². The Hall–Kier alpha value is -2.67. The number of carboxylic acid groups (broad SMARTS) is 1. The fraction of sp³-hybridized carbons (Fsp3) is 0.421. The van der Waals surface area contributed by atoms with Gasteiger partial charge in [0, 0.05) is 43.7 Å². The van der Waals surface area contributed by atoms with E-state index < -0.39 is 5.97 Å². The topological polar surface area (TPSA) is 85.8 Å². The van der Waals surface area contributed by atoms with Gasteiger partial charge in [-0.1, -0.05) is 0 Å². The summed E-state index contributed by atoms with van der Waals surface area (Å²) in [6.45, 7) is 6.03. The minimum atomic E-state index is -0.977. The number of rotatable bonds is 5. The van der Waals surface area contributed by atoms with Crippen LogP contribution in [0.5, 0.6) is 0 Å². The average molecular weight is 356 g/mol. The van der Waals surface area contributed by atoms with E-state index in [4.69, 9.17) is 10.1 Å². The average Bonchev–Trinajstić information content (AvgIpc) is 2.61. The zero-order chi connectivity index (χ0) is 18.7. The van der Waals surface area contributed by atoms with E-state index in [1.54, 1.807) is 6.07 Å². The molecule has 26 heavy (non-hydrogen) atoms. The van der Waals surface area contributed by atoms with E-state index in [1.807, 2.05) is 19.1 Å². The second-order valence-electron chi connectivity index (χ2n) is 6.76. The normalized spacial score (nSPS) is 15.2. The molecule has 138 valence electrons. The van der Waals surface area contributed by atoms with E-state index in [2.05, 4.69) is 28.2 Å². The van der Waals surface area contributed by atoms with Crippen LogP contribution in [0.2, 0.25) is 0 Å². The summed E-state index contributed by atoms with van der Waals surface area (Å²) in [6.07, 6.45) is -0.207. The molecule has 0 spiro atoms. The monoisotopic (exact) mass is 356 g/mol. The number of hydrogen-bond donors (Lipinski definition) is 2. The first-order chi connectivity index (χ1) is 12.4. The van der Waals surface area contributed by atoms with Crippen LogP contribution in [0.3, 0.4) is 0 Å². The van der Waals surface area contributed by atoms with Gasteiger partial charge in [-0.15, -0.1) is 0 Å². The number of nitrogens with one attached hydrogen (secondary N) is 1. The van der Waals surface area contributed by atoms with Crippen molar-refractivity contribution in [3.63, 3.8) is 0 Å². The van der Waals surface area contributed by atoms with Crippen LogP contribution < -0.4 is 10.2 Å². The molecule has 2 aromatic rings. The SMILES string of the molecule is Cc1cc(N2CCN(C)CC2)nc2ccc(NC(=O)CCC(=O)O)cc12. The van der Waals surface area contributed by atoms with Crippen LogP contribution in [-0.2, 0) is 9.59 Å². The van der Waals surface area contributed by atoms with E-state index in [-0.39, 0.29) is 18.7 Å². The number of aromatic nitrogens is 1. The molecule has 7 nitrogen and oxygen atoms in total. The van der Waals surface area contributed by atoms with Crippen LogP contribution in [0.4, 0.5) is 11.5 Å². The molecule has 1 aromatic heterocycles. The van der Waals surface area contributed by atoms with Gasteiger partial charge in [0.15, 0.2) is 0 Å². The van der Waals surface area contributed by atoms with Gasteiger partial charge in [0.25, 0.3) is 0 Å². The van der Waals surface area contributed by atoms with Crippen LogP contribution in [0.25, 0.3) is 10.9 Å². The fourth-order valence-electron chi connectivity index (χ4n) is 3.10. The Labute approximate surface area is 152 Å². The lowest BCUT2D eigenvalue weighted by Gasteiger charge is -2.33. The summed E-state index contributed by atoms with van der Waals surface area (Å²) in [5.74, 6) is -0.289. The number of anilines is 2. The lowest BCUT2D eigenvalue weighted by Crippen LogP contribution is -2.44. The van der Waals surface area contributed by atoms with E-state index in [0.29, 0.717) is 5.69 Å². The van der Waals surface area contributed by atoms with Gasteiger partial charge in [-0.05, 0) is 43.8 Å². The zero-order valence-corrected chi connectivity index (χ0v) is 15.2. The molecule has 0 bridgehead atoms. The molecule has 1 aliphatic rings. The number of carboxylic acids is 1. The van der Waals surface area contributed by atoms with Crippen molar-refractivity contribution < 1.29 is 14.7 Å². The summed E-state index contributed by atoms with van der Waals surface area (Å²) in [4.78, 5) is 31.8. The predicted molar refractivity (Wildman–Crippen MR) is 102 cm³/mol. The molecule has 2 heterocycles. The summed E-state index contributed by atoms with van der Waals surface area (Å²) in [5, 5.41) is 12.4. The maximum Gasteiger partial charge on any atom is 0.303 e. The van der Waals surface area contributed by atoms with Crippen molar-refractivity contribution in [1.82, 2.24) is 9.88 Å². The number of piperazine rings is 1. The summed E-state index contributed by atoms with van der Waals surface area (Å²) in [6, 6.07) is 7.68. The number of likely N-dealkylation sites (N-methyl/N-ethyl adjacent to an activating group) is 1. The lowest BCUT2D eigenvalue weighted by atomic mass is 10.1. The minimum absolute atomic E-state index is 0.0348. The first kappa shape index (κ1) is 18.1. The molecule has 2 N–H and O–H groups in total. The van der Waals surface area contributed by atoms with Gasteiger partial charge in [-0.2, -0.15) is 0 Å². The third-order valence-electron chi connectivity index (χ3n) is 4.68. The number of nitrogens with zero attached hydrogens (tertiary/aromatic N) is 3. The highest BCUT2D eigenvalue weighted by atomic mass is 16.4. The van der Waals surface area contributed by atoms with Gasteiger partial charge in [-0.3, -0.25) is 9.59 Å². The molecular weight excluding hydrogens is 332 g/mol. The Morgan fingerprint density at radius 3 is 2.58 bits per heavy atom. The molecule has 0 saturated carbocycles. The van der Waals surface area contributed by atoms with Gasteiger partial charge < -0.3 is 20.2 Å². The molecule has 0 aliphatic carbocycles. The number of aliphatic carboxylic acids is 1. The lowest BCUT2D eigenvalue weighted by molar-refractivity contribution is -0.138. The number of pyridine rings is 1. The zero-order valence-electron chi connectivity index (χ0n) is 15.2. The third kappa shape index (κ3) is 4.29. The van der Waals surface area contributed by atoms with Gasteiger partial charge in [-0.25, -0.2) is 4.98 Å². The maximum atomic E-state index is 11.8. The highest BCUT2D eigenvalue weighted by molar-refractivity contribution is 5.95. The number of carbonyl (C=O) groups is 2. The molecule has 1 amide bonds. The van der Waals surface area contributed by atoms with Crippen LogP contribution in [0.1, 0.15) is 18.4 Å². The molecule has 1 aliphatic heterocycles. The second kappa shape index (κ2) is 7.70. The Bertz CT molecular complexity index is 829. The van der Waals surface area contributed by atoms with Crippen LogP contribution >= 0.6 is 0 Å². The summed E-state index contributed by atoms with van der Waals surface area (Å²) >= 11 is 0. The molecule has 1 saturated heterocycles. The molecule has 7 heteroatoms. The van der Waals surface area contributed by atoms with Gasteiger partial charge >= 0.3 is 5.97 Å². The number of benzene rings is 1. The van der Waals surface area contributed by atoms with Crippen LogP contribution in [0.15, 0.2) is 24.3 Å². The number of hydrogen-bond acceptors (Lipinski definition) is 5. The minimum Gasteiger partial charge on any atom is -0.481 e. The predicted octanol–water partition coefficient (Wildman–Crippen LogP) is 2.10. The molecule has 1 aromatic carbocycles. The molecule has 0 radical (unpaired) electrons. The van der Waals surface area contributed by atoms with Crippen LogP contribution in [-0.4, -0.2) is 60.1 Å². The second-order valence-corrected chi connectivity index (χ2v) is 6.76. The Kier molecular flexibility index (Phi) is 5.37. The third-order valence-corrected chi connectivity index (χ3v) is 4.68. The smallest absolute Gasteiger partial charge is 0.303 e.